The third-order valence-electron chi connectivity index (χ3n) is 1.95. The summed E-state index contributed by atoms with van der Waals surface area (Å²) in [7, 11) is 1.68. The second-order valence-corrected chi connectivity index (χ2v) is 3.33. The van der Waals surface area contributed by atoms with Gasteiger partial charge in [0.05, 0.1) is 13.1 Å². The molecule has 3 N–H and O–H groups in total. The standard InChI is InChI=1S/C10H16N4O.HI/c1-3-6-12-9(15)7-13-10(11-2)14-8-4-5-8;/h1,8H,4-7H2,2H3,(H,12,15)(H2,11,13,14);1H. The molecule has 0 aromatic heterocycles. The van der Waals surface area contributed by atoms with Gasteiger partial charge in [0.1, 0.15) is 0 Å². The summed E-state index contributed by atoms with van der Waals surface area (Å²) < 4.78 is 0. The molecule has 1 aliphatic rings. The molecule has 0 aliphatic heterocycles. The van der Waals surface area contributed by atoms with Crippen LogP contribution in [0.4, 0.5) is 0 Å². The highest BCUT2D eigenvalue weighted by Crippen LogP contribution is 2.18. The molecular formula is C10H17IN4O. The molecule has 0 heterocycles. The van der Waals surface area contributed by atoms with Crippen LogP contribution in [0.5, 0.6) is 0 Å². The Bertz CT molecular complexity index is 294. The van der Waals surface area contributed by atoms with Crippen molar-refractivity contribution in [3.8, 4) is 12.3 Å². The Morgan fingerprint density at radius 1 is 1.50 bits per heavy atom. The number of guanidine groups is 1. The molecule has 90 valence electrons. The maximum absolute atomic E-state index is 11.2. The van der Waals surface area contributed by atoms with Gasteiger partial charge in [0, 0.05) is 13.1 Å². The van der Waals surface area contributed by atoms with Crippen molar-refractivity contribution in [1.82, 2.24) is 16.0 Å². The number of hydrogen-bond donors (Lipinski definition) is 3. The van der Waals surface area contributed by atoms with Crippen LogP contribution >= 0.6 is 24.0 Å². The average Bonchev–Trinajstić information content (AvgIpc) is 3.04. The summed E-state index contributed by atoms with van der Waals surface area (Å²) in [6, 6.07) is 0.518. The molecule has 0 spiro atoms. The topological polar surface area (TPSA) is 65.5 Å². The van der Waals surface area contributed by atoms with Gasteiger partial charge in [0.25, 0.3) is 0 Å². The molecule has 1 amide bonds. The number of aliphatic imine (C=N–C) groups is 1. The first kappa shape index (κ1) is 15.0. The fraction of sp³-hybridized carbons (Fsp3) is 0.600. The minimum atomic E-state index is -0.133. The first-order valence-electron chi connectivity index (χ1n) is 4.93. The number of hydrogen-bond acceptors (Lipinski definition) is 2. The number of terminal acetylenes is 1. The number of carbonyl (C=O) groups is 1. The van der Waals surface area contributed by atoms with Crippen molar-refractivity contribution in [2.45, 2.75) is 18.9 Å². The molecule has 1 aliphatic carbocycles. The molecule has 1 fully saturated rings. The highest BCUT2D eigenvalue weighted by atomic mass is 127. The summed E-state index contributed by atoms with van der Waals surface area (Å²) in [6.45, 7) is 0.448. The quantitative estimate of drug-likeness (QED) is 0.285. The molecular weight excluding hydrogens is 319 g/mol. The van der Waals surface area contributed by atoms with Crippen molar-refractivity contribution in [1.29, 1.82) is 0 Å². The zero-order chi connectivity index (χ0) is 11.1. The van der Waals surface area contributed by atoms with Crippen molar-refractivity contribution >= 4 is 35.8 Å². The predicted molar refractivity (Wildman–Crippen MR) is 74.8 cm³/mol. The van der Waals surface area contributed by atoms with Crippen molar-refractivity contribution in [3.63, 3.8) is 0 Å². The van der Waals surface area contributed by atoms with Gasteiger partial charge in [-0.3, -0.25) is 9.79 Å². The third-order valence-corrected chi connectivity index (χ3v) is 1.95. The van der Waals surface area contributed by atoms with Crippen LogP contribution in [0.3, 0.4) is 0 Å². The molecule has 0 radical (unpaired) electrons. The first-order valence-corrected chi connectivity index (χ1v) is 4.93. The molecule has 16 heavy (non-hydrogen) atoms. The van der Waals surface area contributed by atoms with Crippen LogP contribution in [0.25, 0.3) is 0 Å². The van der Waals surface area contributed by atoms with Crippen LogP contribution in [0, 0.1) is 12.3 Å². The van der Waals surface area contributed by atoms with E-state index in [1.807, 2.05) is 0 Å². The number of nitrogens with zero attached hydrogens (tertiary/aromatic N) is 1. The largest absolute Gasteiger partial charge is 0.354 e. The molecule has 0 saturated heterocycles. The minimum absolute atomic E-state index is 0. The minimum Gasteiger partial charge on any atom is -0.354 e. The van der Waals surface area contributed by atoms with E-state index in [1.165, 1.54) is 12.8 Å². The summed E-state index contributed by atoms with van der Waals surface area (Å²) in [5, 5.41) is 8.64. The maximum atomic E-state index is 11.2. The van der Waals surface area contributed by atoms with Crippen LogP contribution in [0.1, 0.15) is 12.8 Å². The number of rotatable bonds is 4. The molecule has 1 rings (SSSR count). The SMILES string of the molecule is C#CCNC(=O)CNC(=NC)NC1CC1.I. The number of halogens is 1. The molecule has 1 saturated carbocycles. The highest BCUT2D eigenvalue weighted by Gasteiger charge is 2.22. The highest BCUT2D eigenvalue weighted by molar-refractivity contribution is 14.0. The second-order valence-electron chi connectivity index (χ2n) is 3.33. The van der Waals surface area contributed by atoms with E-state index < -0.39 is 0 Å². The lowest BCUT2D eigenvalue weighted by Crippen LogP contribution is -2.43. The monoisotopic (exact) mass is 336 g/mol. The fourth-order valence-electron chi connectivity index (χ4n) is 0.992. The number of carbonyl (C=O) groups excluding carboxylic acids is 1. The lowest BCUT2D eigenvalue weighted by atomic mass is 10.5. The molecule has 5 nitrogen and oxygen atoms in total. The van der Waals surface area contributed by atoms with Gasteiger partial charge in [0.15, 0.2) is 5.96 Å². The van der Waals surface area contributed by atoms with E-state index in [0.29, 0.717) is 12.0 Å². The lowest BCUT2D eigenvalue weighted by molar-refractivity contribution is -0.119. The summed E-state index contributed by atoms with van der Waals surface area (Å²) in [5.41, 5.74) is 0. The normalized spacial score (nSPS) is 14.4. The first-order chi connectivity index (χ1) is 7.26. The lowest BCUT2D eigenvalue weighted by Gasteiger charge is -2.10. The van der Waals surface area contributed by atoms with Gasteiger partial charge in [-0.25, -0.2) is 0 Å². The van der Waals surface area contributed by atoms with Gasteiger partial charge in [-0.1, -0.05) is 5.92 Å². The summed E-state index contributed by atoms with van der Waals surface area (Å²) in [4.78, 5) is 15.2. The van der Waals surface area contributed by atoms with Gasteiger partial charge in [-0.15, -0.1) is 30.4 Å². The van der Waals surface area contributed by atoms with E-state index in [1.54, 1.807) is 7.05 Å². The Kier molecular flexibility index (Phi) is 7.72. The summed E-state index contributed by atoms with van der Waals surface area (Å²) in [6.07, 6.45) is 7.35. The van der Waals surface area contributed by atoms with E-state index in [9.17, 15) is 4.79 Å². The van der Waals surface area contributed by atoms with Crippen molar-refractivity contribution in [2.24, 2.45) is 4.99 Å². The van der Waals surface area contributed by atoms with E-state index in [4.69, 9.17) is 6.42 Å². The average molecular weight is 336 g/mol. The van der Waals surface area contributed by atoms with Gasteiger partial charge >= 0.3 is 0 Å². The van der Waals surface area contributed by atoms with Crippen molar-refractivity contribution < 1.29 is 4.79 Å². The zero-order valence-corrected chi connectivity index (χ0v) is 11.6. The molecule has 0 aromatic carbocycles. The summed E-state index contributed by atoms with van der Waals surface area (Å²) in [5.74, 6) is 2.86. The molecule has 0 unspecified atom stereocenters. The number of nitrogens with one attached hydrogen (secondary N) is 3. The van der Waals surface area contributed by atoms with Crippen LogP contribution in [-0.2, 0) is 4.79 Å². The van der Waals surface area contributed by atoms with Crippen LogP contribution in [-0.4, -0.2) is 38.0 Å². The van der Waals surface area contributed by atoms with Crippen LogP contribution in [0.2, 0.25) is 0 Å². The molecule has 0 atom stereocenters. The Labute approximate surface area is 113 Å². The fourth-order valence-corrected chi connectivity index (χ4v) is 0.992. The predicted octanol–water partition coefficient (Wildman–Crippen LogP) is -0.319. The molecule has 0 bridgehead atoms. The Morgan fingerprint density at radius 3 is 2.69 bits per heavy atom. The van der Waals surface area contributed by atoms with Crippen LogP contribution in [0.15, 0.2) is 4.99 Å². The maximum Gasteiger partial charge on any atom is 0.240 e. The van der Waals surface area contributed by atoms with E-state index in [0.717, 1.165) is 0 Å². The molecule has 6 heteroatoms. The Balaban J connectivity index is 0.00000225. The van der Waals surface area contributed by atoms with E-state index in [2.05, 4.69) is 26.9 Å². The van der Waals surface area contributed by atoms with E-state index >= 15 is 0 Å². The summed E-state index contributed by atoms with van der Waals surface area (Å²) >= 11 is 0. The third kappa shape index (κ3) is 6.50. The van der Waals surface area contributed by atoms with E-state index in [-0.39, 0.29) is 43.0 Å². The molecule has 0 aromatic rings. The smallest absolute Gasteiger partial charge is 0.240 e. The Morgan fingerprint density at radius 2 is 2.19 bits per heavy atom. The second kappa shape index (κ2) is 8.21. The van der Waals surface area contributed by atoms with Gasteiger partial charge in [-0.05, 0) is 12.8 Å². The van der Waals surface area contributed by atoms with Gasteiger partial charge in [0.2, 0.25) is 5.91 Å². The van der Waals surface area contributed by atoms with Gasteiger partial charge < -0.3 is 16.0 Å². The van der Waals surface area contributed by atoms with Crippen molar-refractivity contribution in [3.05, 3.63) is 0 Å². The Hall–Kier alpha value is -0.970. The van der Waals surface area contributed by atoms with Crippen molar-refractivity contribution in [2.75, 3.05) is 20.1 Å². The van der Waals surface area contributed by atoms with Gasteiger partial charge in [-0.2, -0.15) is 0 Å². The van der Waals surface area contributed by atoms with Crippen LogP contribution < -0.4 is 16.0 Å². The number of amides is 1. The zero-order valence-electron chi connectivity index (χ0n) is 9.25.